The molecule has 0 unspecified atom stereocenters. The number of halogens is 5. The molecule has 0 amide bonds. The van der Waals surface area contributed by atoms with Crippen LogP contribution in [0.3, 0.4) is 0 Å². The Morgan fingerprint density at radius 2 is 1.94 bits per heavy atom. The maximum atomic E-state index is 12.6. The van der Waals surface area contributed by atoms with E-state index in [1.807, 2.05) is 13.8 Å². The van der Waals surface area contributed by atoms with Crippen molar-refractivity contribution in [3.05, 3.63) is 27.3 Å². The number of hydrogen-bond acceptors (Lipinski definition) is 1. The quantitative estimate of drug-likeness (QED) is 0.495. The van der Waals surface area contributed by atoms with Crippen LogP contribution in [-0.2, 0) is 6.18 Å². The second kappa shape index (κ2) is 5.56. The van der Waals surface area contributed by atoms with E-state index >= 15 is 0 Å². The zero-order valence-electron chi connectivity index (χ0n) is 9.15. The van der Waals surface area contributed by atoms with Crippen LogP contribution in [0.1, 0.15) is 19.4 Å². The van der Waals surface area contributed by atoms with Gasteiger partial charge in [-0.3, -0.25) is 0 Å². The number of rotatable bonds is 2. The monoisotopic (exact) mass is 375 g/mol. The molecule has 0 aliphatic heterocycles. The van der Waals surface area contributed by atoms with Crippen LogP contribution in [0.25, 0.3) is 0 Å². The van der Waals surface area contributed by atoms with Crippen molar-refractivity contribution >= 4 is 45.1 Å². The average molecular weight is 376 g/mol. The van der Waals surface area contributed by atoms with Crippen molar-refractivity contribution in [2.45, 2.75) is 20.0 Å². The first-order valence-electron chi connectivity index (χ1n) is 4.82. The van der Waals surface area contributed by atoms with E-state index in [1.54, 1.807) is 22.6 Å². The van der Waals surface area contributed by atoms with Gasteiger partial charge >= 0.3 is 6.18 Å². The predicted molar refractivity (Wildman–Crippen MR) is 71.9 cm³/mol. The van der Waals surface area contributed by atoms with Gasteiger partial charge in [0.2, 0.25) is 0 Å². The highest BCUT2D eigenvalue weighted by atomic mass is 127. The molecule has 0 spiro atoms. The molecule has 0 saturated carbocycles. The van der Waals surface area contributed by atoms with Gasteiger partial charge in [-0.2, -0.15) is 13.2 Å². The van der Waals surface area contributed by atoms with E-state index in [9.17, 15) is 13.2 Å². The molecule has 17 heavy (non-hydrogen) atoms. The zero-order chi connectivity index (χ0) is 13.2. The third-order valence-electron chi connectivity index (χ3n) is 1.97. The van der Waals surface area contributed by atoms with Crippen molar-refractivity contribution < 1.29 is 13.2 Å². The smallest absolute Gasteiger partial charge is 0.241 e. The normalized spacial score (nSPS) is 13.3. The first kappa shape index (κ1) is 14.8. The summed E-state index contributed by atoms with van der Waals surface area (Å²) in [5.41, 5.74) is -0.469. The Balaban J connectivity index is 3.18. The Kier molecular flexibility index (Phi) is 4.83. The maximum Gasteiger partial charge on any atom is 0.417 e. The SMILES string of the molecule is CC(C)/C(Cl)=N/c1ccc(I)c(C(F)(F)F)c1. The minimum absolute atomic E-state index is 0.00900. The molecule has 0 heterocycles. The Labute approximate surface area is 116 Å². The molecule has 1 aromatic carbocycles. The number of benzene rings is 1. The molecular weight excluding hydrogens is 365 g/mol. The first-order valence-corrected chi connectivity index (χ1v) is 6.28. The summed E-state index contributed by atoms with van der Waals surface area (Å²) in [6.45, 7) is 3.65. The maximum absolute atomic E-state index is 12.6. The molecule has 1 nitrogen and oxygen atoms in total. The molecule has 0 aromatic heterocycles. The molecule has 0 aliphatic carbocycles. The van der Waals surface area contributed by atoms with Gasteiger partial charge in [-0.05, 0) is 40.8 Å². The number of hydrogen-bond donors (Lipinski definition) is 0. The van der Waals surface area contributed by atoms with Crippen molar-refractivity contribution in [3.8, 4) is 0 Å². The lowest BCUT2D eigenvalue weighted by atomic mass is 10.2. The molecule has 0 radical (unpaired) electrons. The summed E-state index contributed by atoms with van der Waals surface area (Å²) in [6, 6.07) is 3.90. The van der Waals surface area contributed by atoms with Crippen molar-refractivity contribution in [3.63, 3.8) is 0 Å². The molecule has 0 bridgehead atoms. The fourth-order valence-corrected chi connectivity index (χ4v) is 1.79. The van der Waals surface area contributed by atoms with Crippen molar-refractivity contribution in [1.82, 2.24) is 0 Å². The van der Waals surface area contributed by atoms with Crippen LogP contribution in [0.5, 0.6) is 0 Å². The van der Waals surface area contributed by atoms with Gasteiger partial charge in [0, 0.05) is 9.49 Å². The third-order valence-corrected chi connectivity index (χ3v) is 3.43. The van der Waals surface area contributed by atoms with Gasteiger partial charge in [-0.25, -0.2) is 4.99 Å². The predicted octanol–water partition coefficient (Wildman–Crippen LogP) is 5.23. The topological polar surface area (TPSA) is 12.4 Å². The fourth-order valence-electron chi connectivity index (χ4n) is 1.05. The molecule has 1 rings (SSSR count). The number of nitrogens with zero attached hydrogens (tertiary/aromatic N) is 1. The Bertz CT molecular complexity index is 441. The lowest BCUT2D eigenvalue weighted by Gasteiger charge is -2.10. The molecule has 0 aliphatic rings. The van der Waals surface area contributed by atoms with Crippen LogP contribution in [-0.4, -0.2) is 5.17 Å². The lowest BCUT2D eigenvalue weighted by Crippen LogP contribution is -2.07. The fraction of sp³-hybridized carbons (Fsp3) is 0.364. The summed E-state index contributed by atoms with van der Waals surface area (Å²) in [6.07, 6.45) is -4.37. The lowest BCUT2D eigenvalue weighted by molar-refractivity contribution is -0.138. The first-order chi connectivity index (χ1) is 7.71. The summed E-state index contributed by atoms with van der Waals surface area (Å²) in [5, 5.41) is 0.291. The molecule has 0 atom stereocenters. The second-order valence-corrected chi connectivity index (χ2v) is 5.30. The molecule has 0 N–H and O–H groups in total. The Hall–Kier alpha value is -0.300. The van der Waals surface area contributed by atoms with Crippen LogP contribution >= 0.6 is 34.2 Å². The van der Waals surface area contributed by atoms with Crippen molar-refractivity contribution in [2.24, 2.45) is 10.9 Å². The Morgan fingerprint density at radius 3 is 2.41 bits per heavy atom. The summed E-state index contributed by atoms with van der Waals surface area (Å²) >= 11 is 7.47. The third kappa shape index (κ3) is 4.13. The van der Waals surface area contributed by atoms with Gasteiger partial charge < -0.3 is 0 Å². The number of alkyl halides is 3. The van der Waals surface area contributed by atoms with E-state index in [4.69, 9.17) is 11.6 Å². The number of aliphatic imine (C=N–C) groups is 1. The van der Waals surface area contributed by atoms with Gasteiger partial charge in [-0.15, -0.1) is 0 Å². The van der Waals surface area contributed by atoms with Crippen molar-refractivity contribution in [1.29, 1.82) is 0 Å². The van der Waals surface area contributed by atoms with Crippen LogP contribution in [0.4, 0.5) is 18.9 Å². The van der Waals surface area contributed by atoms with Crippen LogP contribution < -0.4 is 0 Å². The van der Waals surface area contributed by atoms with Crippen molar-refractivity contribution in [2.75, 3.05) is 0 Å². The molecule has 0 fully saturated rings. The van der Waals surface area contributed by atoms with Gasteiger partial charge in [0.15, 0.2) is 0 Å². The van der Waals surface area contributed by atoms with Crippen LogP contribution in [0.15, 0.2) is 23.2 Å². The van der Waals surface area contributed by atoms with Crippen LogP contribution in [0, 0.1) is 9.49 Å². The van der Waals surface area contributed by atoms with Crippen LogP contribution in [0.2, 0.25) is 0 Å². The Morgan fingerprint density at radius 1 is 1.35 bits per heavy atom. The van der Waals surface area contributed by atoms with E-state index in [1.165, 1.54) is 12.1 Å². The zero-order valence-corrected chi connectivity index (χ0v) is 12.1. The average Bonchev–Trinajstić information content (AvgIpc) is 2.19. The van der Waals surface area contributed by atoms with Gasteiger partial charge in [-0.1, -0.05) is 25.4 Å². The van der Waals surface area contributed by atoms with E-state index in [2.05, 4.69) is 4.99 Å². The molecule has 94 valence electrons. The van der Waals surface area contributed by atoms with E-state index in [0.717, 1.165) is 6.07 Å². The highest BCUT2D eigenvalue weighted by molar-refractivity contribution is 14.1. The highest BCUT2D eigenvalue weighted by Crippen LogP contribution is 2.35. The standard InChI is InChI=1S/C11H10ClF3IN/c1-6(2)10(12)17-7-3-4-9(16)8(5-7)11(13,14)15/h3-6H,1-2H3/b17-10-. The minimum Gasteiger partial charge on any atom is -0.241 e. The molecule has 1 aromatic rings. The van der Waals surface area contributed by atoms with E-state index in [0.29, 0.717) is 5.17 Å². The highest BCUT2D eigenvalue weighted by Gasteiger charge is 2.33. The molecule has 6 heteroatoms. The largest absolute Gasteiger partial charge is 0.417 e. The summed E-state index contributed by atoms with van der Waals surface area (Å²) < 4.78 is 38.1. The second-order valence-electron chi connectivity index (χ2n) is 3.75. The van der Waals surface area contributed by atoms with Gasteiger partial charge in [0.1, 0.15) is 5.17 Å². The van der Waals surface area contributed by atoms with Gasteiger partial charge in [0.25, 0.3) is 0 Å². The molecular formula is C11H10ClF3IN. The summed E-state index contributed by atoms with van der Waals surface area (Å²) in [5.74, 6) is -0.00900. The summed E-state index contributed by atoms with van der Waals surface area (Å²) in [4.78, 5) is 3.95. The molecule has 0 saturated heterocycles. The van der Waals surface area contributed by atoms with E-state index < -0.39 is 11.7 Å². The van der Waals surface area contributed by atoms with E-state index in [-0.39, 0.29) is 15.2 Å². The van der Waals surface area contributed by atoms with Gasteiger partial charge in [0.05, 0.1) is 11.3 Å². The minimum atomic E-state index is -4.37. The summed E-state index contributed by atoms with van der Waals surface area (Å²) in [7, 11) is 0.